The van der Waals surface area contributed by atoms with Crippen LogP contribution in [0.1, 0.15) is 65.7 Å². The maximum atomic E-state index is 14.3. The van der Waals surface area contributed by atoms with Crippen LogP contribution in [0, 0.1) is 0 Å². The molecule has 7 nitrogen and oxygen atoms in total. The zero-order valence-corrected chi connectivity index (χ0v) is 33.0. The van der Waals surface area contributed by atoms with E-state index in [1.807, 2.05) is 84.9 Å². The lowest BCUT2D eigenvalue weighted by atomic mass is 9.78. The summed E-state index contributed by atoms with van der Waals surface area (Å²) < 4.78 is 40.1. The number of phenolic OH excluding ortho intramolecular Hbond substituents is 3. The predicted molar refractivity (Wildman–Crippen MR) is 225 cm³/mol. The minimum atomic E-state index is -3.56. The number of aromatic hydroxyl groups is 3. The molecule has 0 saturated heterocycles. The number of hydrogen-bond acceptors (Lipinski definition) is 7. The molecule has 9 heteroatoms. The van der Waals surface area contributed by atoms with Crippen LogP contribution < -0.4 is 25.0 Å². The monoisotopic (exact) mass is 774 g/mol. The fourth-order valence-corrected chi connectivity index (χ4v) is 11.8. The quantitative estimate of drug-likeness (QED) is 0.121. The second-order valence-electron chi connectivity index (χ2n) is 15.8. The SMILES string of the molecule is C.CC(C)(C)c1cc(CP2(=O)Oc3ccccc3-c3ccccc32)cc(C(C)(C)C)c1O.O=P1(c2cc(O)ccc2O)Oc2ccccc2-c2ccccc21. The van der Waals surface area contributed by atoms with Gasteiger partial charge in [0, 0.05) is 11.1 Å². The molecule has 6 aromatic carbocycles. The van der Waals surface area contributed by atoms with Crippen molar-refractivity contribution in [3.63, 3.8) is 0 Å². The van der Waals surface area contributed by atoms with Crippen molar-refractivity contribution < 1.29 is 33.5 Å². The molecule has 2 unspecified atom stereocenters. The van der Waals surface area contributed by atoms with E-state index in [4.69, 9.17) is 9.05 Å². The predicted octanol–water partition coefficient (Wildman–Crippen LogP) is 11.2. The Kier molecular flexibility index (Phi) is 10.4. The van der Waals surface area contributed by atoms with Gasteiger partial charge in [-0.3, -0.25) is 9.13 Å². The van der Waals surface area contributed by atoms with E-state index in [1.54, 1.807) is 24.3 Å². The fourth-order valence-electron chi connectivity index (χ4n) is 7.10. The number of benzene rings is 6. The third-order valence-electron chi connectivity index (χ3n) is 9.77. The van der Waals surface area contributed by atoms with Crippen LogP contribution in [0.15, 0.2) is 127 Å². The van der Waals surface area contributed by atoms with E-state index in [-0.39, 0.29) is 41.2 Å². The number of rotatable bonds is 3. The molecule has 0 spiro atoms. The van der Waals surface area contributed by atoms with E-state index in [9.17, 15) is 24.4 Å². The molecule has 55 heavy (non-hydrogen) atoms. The molecule has 0 aliphatic carbocycles. The first-order valence-corrected chi connectivity index (χ1v) is 21.3. The fraction of sp³-hybridized carbons (Fsp3) is 0.217. The Bertz CT molecular complexity index is 2470. The highest BCUT2D eigenvalue weighted by Crippen LogP contribution is 2.58. The third-order valence-corrected chi connectivity index (χ3v) is 14.6. The highest BCUT2D eigenvalue weighted by Gasteiger charge is 2.40. The van der Waals surface area contributed by atoms with Gasteiger partial charge in [0.25, 0.3) is 7.37 Å². The molecule has 2 aliphatic rings. The Morgan fingerprint density at radius 2 is 0.982 bits per heavy atom. The zero-order chi connectivity index (χ0) is 38.6. The molecule has 3 N–H and O–H groups in total. The minimum absolute atomic E-state index is 0. The van der Waals surface area contributed by atoms with E-state index < -0.39 is 14.7 Å². The molecule has 284 valence electrons. The van der Waals surface area contributed by atoms with E-state index in [2.05, 4.69) is 41.5 Å². The minimum Gasteiger partial charge on any atom is -0.508 e. The number of fused-ring (bicyclic) bond motifs is 6. The van der Waals surface area contributed by atoms with Crippen LogP contribution in [0.2, 0.25) is 0 Å². The Morgan fingerprint density at radius 1 is 0.527 bits per heavy atom. The van der Waals surface area contributed by atoms with Crippen molar-refractivity contribution in [1.82, 2.24) is 0 Å². The van der Waals surface area contributed by atoms with Crippen molar-refractivity contribution in [2.75, 3.05) is 0 Å². The molecule has 2 atom stereocenters. The summed E-state index contributed by atoms with van der Waals surface area (Å²) >= 11 is 0. The molecule has 0 radical (unpaired) electrons. The van der Waals surface area contributed by atoms with Gasteiger partial charge < -0.3 is 24.4 Å². The van der Waals surface area contributed by atoms with Gasteiger partial charge in [-0.25, -0.2) is 0 Å². The highest BCUT2D eigenvalue weighted by molar-refractivity contribution is 7.75. The molecule has 0 fully saturated rings. The standard InChI is InChI=1S/C27H31O3P.C18H13O4P.CH4/c1-26(2,3)21-15-18(16-22(25(21)28)27(4,5)6)17-31(29)24-14-10-8-12-20(24)19-11-7-9-13-23(19)30-31;19-12-9-10-15(20)18(11-12)23(21)17-8-4-2-6-14(17)13-5-1-3-7-16(13)22-23;/h7-16,28H,17H2,1-6H3;1-11,19-20H;1H4. The first-order valence-electron chi connectivity index (χ1n) is 17.9. The Hall–Kier alpha value is -5.22. The summed E-state index contributed by atoms with van der Waals surface area (Å²) in [7, 11) is -6.76. The van der Waals surface area contributed by atoms with Crippen LogP contribution in [0.25, 0.3) is 22.3 Å². The molecule has 8 rings (SSSR count). The second kappa shape index (κ2) is 14.5. The first-order chi connectivity index (χ1) is 25.5. The van der Waals surface area contributed by atoms with Crippen molar-refractivity contribution >= 4 is 30.7 Å². The molecule has 6 aromatic rings. The normalized spacial score (nSPS) is 18.0. The van der Waals surface area contributed by atoms with Gasteiger partial charge in [0.2, 0.25) is 0 Å². The zero-order valence-electron chi connectivity index (χ0n) is 31.2. The van der Waals surface area contributed by atoms with Crippen molar-refractivity contribution in [3.8, 4) is 51.0 Å². The number of hydrogen-bond donors (Lipinski definition) is 3. The van der Waals surface area contributed by atoms with Crippen LogP contribution in [0.5, 0.6) is 28.7 Å². The smallest absolute Gasteiger partial charge is 0.311 e. The van der Waals surface area contributed by atoms with E-state index in [0.717, 1.165) is 44.2 Å². The Morgan fingerprint density at radius 3 is 1.53 bits per heavy atom. The van der Waals surface area contributed by atoms with Gasteiger partial charge in [-0.2, -0.15) is 0 Å². The molecule has 0 aromatic heterocycles. The summed E-state index contributed by atoms with van der Waals surface area (Å²) in [6, 6.07) is 38.1. The van der Waals surface area contributed by atoms with Gasteiger partial charge in [0.05, 0.1) is 22.1 Å². The summed E-state index contributed by atoms with van der Waals surface area (Å²) in [5.74, 6) is 1.25. The van der Waals surface area contributed by atoms with Crippen LogP contribution in [0.3, 0.4) is 0 Å². The van der Waals surface area contributed by atoms with Gasteiger partial charge in [-0.1, -0.05) is 134 Å². The summed E-state index contributed by atoms with van der Waals surface area (Å²) in [6.45, 7) is 12.5. The van der Waals surface area contributed by atoms with Crippen LogP contribution in [-0.4, -0.2) is 15.3 Å². The molecular formula is C46H48O7P2. The maximum absolute atomic E-state index is 14.3. The van der Waals surface area contributed by atoms with Crippen molar-refractivity contribution in [3.05, 3.63) is 144 Å². The summed E-state index contributed by atoms with van der Waals surface area (Å²) in [6.07, 6.45) is 0.283. The third kappa shape index (κ3) is 7.32. The lowest BCUT2D eigenvalue weighted by Crippen LogP contribution is -2.25. The topological polar surface area (TPSA) is 113 Å². The molecular weight excluding hydrogens is 726 g/mol. The van der Waals surface area contributed by atoms with Crippen molar-refractivity contribution in [2.45, 2.75) is 66.0 Å². The van der Waals surface area contributed by atoms with E-state index in [0.29, 0.717) is 22.6 Å². The Balaban J connectivity index is 0.000000191. The Labute approximate surface area is 324 Å². The van der Waals surface area contributed by atoms with Crippen molar-refractivity contribution in [1.29, 1.82) is 0 Å². The van der Waals surface area contributed by atoms with Crippen LogP contribution >= 0.6 is 14.7 Å². The maximum Gasteiger partial charge on any atom is 0.311 e. The van der Waals surface area contributed by atoms with Gasteiger partial charge in [0.15, 0.2) is 0 Å². The largest absolute Gasteiger partial charge is 0.508 e. The van der Waals surface area contributed by atoms with Crippen LogP contribution in [-0.2, 0) is 26.1 Å². The van der Waals surface area contributed by atoms with Gasteiger partial charge in [0.1, 0.15) is 28.7 Å². The molecule has 0 saturated carbocycles. The van der Waals surface area contributed by atoms with Gasteiger partial charge in [-0.15, -0.1) is 0 Å². The lowest BCUT2D eigenvalue weighted by molar-refractivity contribution is 0.422. The molecule has 0 bridgehead atoms. The van der Waals surface area contributed by atoms with E-state index in [1.165, 1.54) is 18.2 Å². The van der Waals surface area contributed by atoms with Gasteiger partial charge in [-0.05, 0) is 81.1 Å². The summed E-state index contributed by atoms with van der Waals surface area (Å²) in [5, 5.41) is 32.3. The highest BCUT2D eigenvalue weighted by atomic mass is 31.2. The number of para-hydroxylation sites is 2. The van der Waals surface area contributed by atoms with Gasteiger partial charge >= 0.3 is 7.37 Å². The van der Waals surface area contributed by atoms with Crippen molar-refractivity contribution in [2.24, 2.45) is 0 Å². The molecule has 2 heterocycles. The summed E-state index contributed by atoms with van der Waals surface area (Å²) in [5.41, 5.74) is 5.78. The van der Waals surface area contributed by atoms with E-state index >= 15 is 0 Å². The molecule has 0 amide bonds. The number of phenols is 3. The first kappa shape index (κ1) is 39.5. The van der Waals surface area contributed by atoms with Crippen LogP contribution in [0.4, 0.5) is 0 Å². The lowest BCUT2D eigenvalue weighted by Gasteiger charge is -2.31. The molecule has 2 aliphatic heterocycles. The average Bonchev–Trinajstić information content (AvgIpc) is 3.13. The second-order valence-corrected chi connectivity index (χ2v) is 20.4. The average molecular weight is 775 g/mol. The summed E-state index contributed by atoms with van der Waals surface area (Å²) in [4.78, 5) is 0.